The summed E-state index contributed by atoms with van der Waals surface area (Å²) in [5.74, 6) is 1.10. The van der Waals surface area contributed by atoms with E-state index in [2.05, 4.69) is 36.1 Å². The first-order valence-corrected chi connectivity index (χ1v) is 6.74. The highest BCUT2D eigenvalue weighted by Crippen LogP contribution is 2.26. The molecular formula is C15H22N4. The van der Waals surface area contributed by atoms with E-state index in [1.165, 1.54) is 0 Å². The van der Waals surface area contributed by atoms with E-state index in [9.17, 15) is 0 Å². The molecule has 0 aliphatic carbocycles. The van der Waals surface area contributed by atoms with Crippen LogP contribution in [0.1, 0.15) is 24.6 Å². The lowest BCUT2D eigenvalue weighted by atomic mass is 10.2. The minimum atomic E-state index is 0.516. The van der Waals surface area contributed by atoms with Gasteiger partial charge in [-0.25, -0.2) is 4.68 Å². The normalized spacial score (nSPS) is 10.7. The molecule has 1 heterocycles. The van der Waals surface area contributed by atoms with E-state index in [1.54, 1.807) is 0 Å². The molecule has 4 nitrogen and oxygen atoms in total. The summed E-state index contributed by atoms with van der Waals surface area (Å²) >= 11 is 0. The third kappa shape index (κ3) is 2.63. The number of aryl methyl sites for hydroxylation is 1. The Morgan fingerprint density at radius 2 is 1.95 bits per heavy atom. The molecule has 0 fully saturated rings. The molecule has 1 aromatic heterocycles. The zero-order valence-electron chi connectivity index (χ0n) is 11.9. The van der Waals surface area contributed by atoms with Gasteiger partial charge in [0.15, 0.2) is 0 Å². The second-order valence-electron chi connectivity index (χ2n) is 4.76. The summed E-state index contributed by atoms with van der Waals surface area (Å²) in [6.45, 7) is 5.70. The number of nitrogens with two attached hydrogens (primary N) is 1. The van der Waals surface area contributed by atoms with Gasteiger partial charge in [-0.3, -0.25) is 0 Å². The number of nitrogens with zero attached hydrogens (tertiary/aromatic N) is 3. The Kier molecular flexibility index (Phi) is 4.22. The van der Waals surface area contributed by atoms with Crippen LogP contribution >= 0.6 is 0 Å². The standard InChI is InChI=1S/C15H22N4/c1-4-10-18(3)15-14(11-16)12(2)17-19(15)13-8-6-5-7-9-13/h5-9H,4,10-11,16H2,1-3H3. The first-order chi connectivity index (χ1) is 9.19. The molecule has 2 aromatic rings. The number of hydrogen-bond donors (Lipinski definition) is 1. The average Bonchev–Trinajstić information content (AvgIpc) is 2.77. The predicted molar refractivity (Wildman–Crippen MR) is 79.8 cm³/mol. The fourth-order valence-electron chi connectivity index (χ4n) is 2.37. The lowest BCUT2D eigenvalue weighted by molar-refractivity contribution is 0.781. The van der Waals surface area contributed by atoms with Gasteiger partial charge >= 0.3 is 0 Å². The molecule has 0 bridgehead atoms. The Morgan fingerprint density at radius 3 is 2.53 bits per heavy atom. The second kappa shape index (κ2) is 5.89. The molecule has 0 saturated carbocycles. The monoisotopic (exact) mass is 258 g/mol. The fraction of sp³-hybridized carbons (Fsp3) is 0.400. The Hall–Kier alpha value is -1.81. The summed E-state index contributed by atoms with van der Waals surface area (Å²) in [5.41, 5.74) is 9.10. The first-order valence-electron chi connectivity index (χ1n) is 6.74. The smallest absolute Gasteiger partial charge is 0.136 e. The van der Waals surface area contributed by atoms with Gasteiger partial charge in [-0.1, -0.05) is 25.1 Å². The van der Waals surface area contributed by atoms with E-state index in [0.29, 0.717) is 6.54 Å². The summed E-state index contributed by atoms with van der Waals surface area (Å²) in [7, 11) is 2.10. The van der Waals surface area contributed by atoms with Crippen LogP contribution in [0.3, 0.4) is 0 Å². The van der Waals surface area contributed by atoms with Crippen LogP contribution in [-0.4, -0.2) is 23.4 Å². The van der Waals surface area contributed by atoms with Gasteiger partial charge in [0.25, 0.3) is 0 Å². The van der Waals surface area contributed by atoms with Gasteiger partial charge in [-0.2, -0.15) is 5.10 Å². The molecular weight excluding hydrogens is 236 g/mol. The number of aromatic nitrogens is 2. The van der Waals surface area contributed by atoms with Gasteiger partial charge in [0.05, 0.1) is 11.4 Å². The molecule has 2 rings (SSSR count). The molecule has 1 aromatic carbocycles. The van der Waals surface area contributed by atoms with Gasteiger partial charge < -0.3 is 10.6 Å². The van der Waals surface area contributed by atoms with Crippen molar-refractivity contribution in [2.75, 3.05) is 18.5 Å². The Bertz CT molecular complexity index is 531. The molecule has 4 heteroatoms. The molecule has 102 valence electrons. The molecule has 19 heavy (non-hydrogen) atoms. The quantitative estimate of drug-likeness (QED) is 0.896. The van der Waals surface area contributed by atoms with Gasteiger partial charge in [0.2, 0.25) is 0 Å². The van der Waals surface area contributed by atoms with Crippen LogP contribution in [-0.2, 0) is 6.54 Å². The molecule has 0 aliphatic heterocycles. The lowest BCUT2D eigenvalue weighted by Gasteiger charge is -2.21. The maximum Gasteiger partial charge on any atom is 0.136 e. The molecule has 0 saturated heterocycles. The topological polar surface area (TPSA) is 47.1 Å². The molecule has 0 amide bonds. The first kappa shape index (κ1) is 13.6. The maximum atomic E-state index is 5.90. The van der Waals surface area contributed by atoms with Crippen LogP contribution in [0.2, 0.25) is 0 Å². The van der Waals surface area contributed by atoms with Crippen molar-refractivity contribution in [3.8, 4) is 5.69 Å². The number of para-hydroxylation sites is 1. The third-order valence-corrected chi connectivity index (χ3v) is 3.28. The van der Waals surface area contributed by atoms with Crippen molar-refractivity contribution in [1.29, 1.82) is 0 Å². The van der Waals surface area contributed by atoms with Gasteiger partial charge in [-0.05, 0) is 25.5 Å². The number of hydrogen-bond acceptors (Lipinski definition) is 3. The zero-order valence-corrected chi connectivity index (χ0v) is 11.9. The SMILES string of the molecule is CCCN(C)c1c(CN)c(C)nn1-c1ccccc1. The van der Waals surface area contributed by atoms with Crippen molar-refractivity contribution in [2.24, 2.45) is 5.73 Å². The lowest BCUT2D eigenvalue weighted by Crippen LogP contribution is -2.23. The predicted octanol–water partition coefficient (Wildman–Crippen LogP) is 2.49. The molecule has 0 atom stereocenters. The van der Waals surface area contributed by atoms with Crippen molar-refractivity contribution >= 4 is 5.82 Å². The summed E-state index contributed by atoms with van der Waals surface area (Å²) < 4.78 is 1.99. The van der Waals surface area contributed by atoms with Gasteiger partial charge in [-0.15, -0.1) is 0 Å². The van der Waals surface area contributed by atoms with Crippen LogP contribution in [0.4, 0.5) is 5.82 Å². The van der Waals surface area contributed by atoms with E-state index in [-0.39, 0.29) is 0 Å². The van der Waals surface area contributed by atoms with Crippen LogP contribution in [0.25, 0.3) is 5.69 Å². The van der Waals surface area contributed by atoms with E-state index < -0.39 is 0 Å². The van der Waals surface area contributed by atoms with Crippen LogP contribution < -0.4 is 10.6 Å². The minimum absolute atomic E-state index is 0.516. The summed E-state index contributed by atoms with van der Waals surface area (Å²) in [6, 6.07) is 10.2. The molecule has 0 unspecified atom stereocenters. The number of rotatable bonds is 5. The Labute approximate surface area is 114 Å². The molecule has 2 N–H and O–H groups in total. The summed E-state index contributed by atoms with van der Waals surface area (Å²) in [4.78, 5) is 2.23. The van der Waals surface area contributed by atoms with Crippen molar-refractivity contribution in [3.63, 3.8) is 0 Å². The molecule has 0 spiro atoms. The third-order valence-electron chi connectivity index (χ3n) is 3.28. The highest BCUT2D eigenvalue weighted by molar-refractivity contribution is 5.54. The average molecular weight is 258 g/mol. The largest absolute Gasteiger partial charge is 0.359 e. The number of anilines is 1. The summed E-state index contributed by atoms with van der Waals surface area (Å²) in [5, 5.41) is 4.65. The van der Waals surface area contributed by atoms with Crippen LogP contribution in [0.15, 0.2) is 30.3 Å². The minimum Gasteiger partial charge on any atom is -0.359 e. The highest BCUT2D eigenvalue weighted by atomic mass is 15.4. The van der Waals surface area contributed by atoms with Gasteiger partial charge in [0.1, 0.15) is 5.82 Å². The zero-order chi connectivity index (χ0) is 13.8. The Morgan fingerprint density at radius 1 is 1.26 bits per heavy atom. The molecule has 0 aliphatic rings. The van der Waals surface area contributed by atoms with Crippen molar-refractivity contribution in [2.45, 2.75) is 26.8 Å². The molecule has 0 radical (unpaired) electrons. The van der Waals surface area contributed by atoms with E-state index in [1.807, 2.05) is 29.8 Å². The van der Waals surface area contributed by atoms with Crippen molar-refractivity contribution in [3.05, 3.63) is 41.6 Å². The van der Waals surface area contributed by atoms with Crippen LogP contribution in [0, 0.1) is 6.92 Å². The fourth-order valence-corrected chi connectivity index (χ4v) is 2.37. The Balaban J connectivity index is 2.55. The van der Waals surface area contributed by atoms with E-state index in [0.717, 1.165) is 35.7 Å². The maximum absolute atomic E-state index is 5.90. The van der Waals surface area contributed by atoms with Crippen molar-refractivity contribution in [1.82, 2.24) is 9.78 Å². The van der Waals surface area contributed by atoms with Crippen LogP contribution in [0.5, 0.6) is 0 Å². The van der Waals surface area contributed by atoms with Gasteiger partial charge in [0, 0.05) is 25.7 Å². The van der Waals surface area contributed by atoms with E-state index >= 15 is 0 Å². The number of benzene rings is 1. The summed E-state index contributed by atoms with van der Waals surface area (Å²) in [6.07, 6.45) is 1.10. The van der Waals surface area contributed by atoms with Crippen molar-refractivity contribution < 1.29 is 0 Å². The van der Waals surface area contributed by atoms with E-state index in [4.69, 9.17) is 5.73 Å². The second-order valence-corrected chi connectivity index (χ2v) is 4.76. The highest BCUT2D eigenvalue weighted by Gasteiger charge is 2.18.